The number of hydrogen-bond acceptors (Lipinski definition) is 5. The molecule has 0 amide bonds. The highest BCUT2D eigenvalue weighted by molar-refractivity contribution is 5.65. The van der Waals surface area contributed by atoms with Gasteiger partial charge in [-0.1, -0.05) is 0 Å². The van der Waals surface area contributed by atoms with E-state index in [1.165, 1.54) is 0 Å². The molecule has 0 aliphatic rings. The normalized spacial score (nSPS) is 10.2. The van der Waals surface area contributed by atoms with Crippen molar-refractivity contribution in [3.8, 4) is 28.7 Å². The molecule has 5 heteroatoms. The van der Waals surface area contributed by atoms with Gasteiger partial charge in [0.25, 0.3) is 0 Å². The van der Waals surface area contributed by atoms with Crippen molar-refractivity contribution in [3.05, 3.63) is 24.1 Å². The van der Waals surface area contributed by atoms with E-state index in [9.17, 15) is 0 Å². The van der Waals surface area contributed by atoms with Crippen LogP contribution in [-0.4, -0.2) is 26.3 Å². The number of aromatic nitrogens is 1. The lowest BCUT2D eigenvalue weighted by atomic mass is 10.2. The minimum atomic E-state index is 0.465. The molecule has 95 valence electrons. The summed E-state index contributed by atoms with van der Waals surface area (Å²) in [5.74, 6) is 2.74. The predicted molar refractivity (Wildman–Crippen MR) is 65.2 cm³/mol. The molecular formula is C13H14NO4. The maximum atomic E-state index is 5.42. The van der Waals surface area contributed by atoms with Crippen molar-refractivity contribution in [2.45, 2.75) is 6.92 Å². The third-order valence-electron chi connectivity index (χ3n) is 2.48. The van der Waals surface area contributed by atoms with E-state index >= 15 is 0 Å². The Kier molecular flexibility index (Phi) is 3.41. The van der Waals surface area contributed by atoms with Crippen LogP contribution < -0.4 is 14.2 Å². The first-order valence-electron chi connectivity index (χ1n) is 5.35. The molecule has 0 aliphatic carbocycles. The van der Waals surface area contributed by atoms with Crippen molar-refractivity contribution < 1.29 is 18.6 Å². The van der Waals surface area contributed by atoms with Gasteiger partial charge in [0.15, 0.2) is 11.5 Å². The van der Waals surface area contributed by atoms with E-state index in [2.05, 4.69) is 11.2 Å². The molecule has 0 N–H and O–H groups in total. The van der Waals surface area contributed by atoms with Gasteiger partial charge in [0.2, 0.25) is 11.6 Å². The number of aryl methyl sites for hydroxylation is 1. The smallest absolute Gasteiger partial charge is 0.227 e. The molecule has 0 fully saturated rings. The number of oxazole rings is 1. The maximum Gasteiger partial charge on any atom is 0.227 e. The van der Waals surface area contributed by atoms with Crippen LogP contribution in [0, 0.1) is 13.1 Å². The van der Waals surface area contributed by atoms with Crippen LogP contribution in [0.2, 0.25) is 0 Å². The van der Waals surface area contributed by atoms with E-state index in [0.29, 0.717) is 28.9 Å². The average Bonchev–Trinajstić information content (AvgIpc) is 2.83. The Balaban J connectivity index is 2.56. The number of nitrogens with zero attached hydrogens (tertiary/aromatic N) is 1. The quantitative estimate of drug-likeness (QED) is 0.832. The molecule has 0 saturated heterocycles. The van der Waals surface area contributed by atoms with Crippen molar-refractivity contribution in [1.29, 1.82) is 0 Å². The first kappa shape index (κ1) is 12.3. The van der Waals surface area contributed by atoms with Crippen LogP contribution in [0.1, 0.15) is 5.76 Å². The highest BCUT2D eigenvalue weighted by Gasteiger charge is 2.16. The van der Waals surface area contributed by atoms with E-state index in [0.717, 1.165) is 5.56 Å². The van der Waals surface area contributed by atoms with E-state index in [1.807, 2.05) is 0 Å². The lowest BCUT2D eigenvalue weighted by molar-refractivity contribution is 0.324. The van der Waals surface area contributed by atoms with Gasteiger partial charge in [0.1, 0.15) is 12.0 Å². The minimum Gasteiger partial charge on any atom is -0.493 e. The summed E-state index contributed by atoms with van der Waals surface area (Å²) in [6.07, 6.45) is 2.74. The van der Waals surface area contributed by atoms with Gasteiger partial charge in [-0.15, -0.1) is 0 Å². The van der Waals surface area contributed by atoms with E-state index in [-0.39, 0.29) is 0 Å². The number of methoxy groups -OCH3 is 3. The SMILES string of the molecule is COc1cc(-c2n[c]c(C)o2)cc(OC)c1OC. The van der Waals surface area contributed by atoms with Crippen molar-refractivity contribution >= 4 is 0 Å². The largest absolute Gasteiger partial charge is 0.493 e. The molecule has 0 bridgehead atoms. The predicted octanol–water partition coefficient (Wildman–Crippen LogP) is 2.48. The molecule has 0 aliphatic heterocycles. The molecule has 1 aromatic heterocycles. The minimum absolute atomic E-state index is 0.465. The first-order chi connectivity index (χ1) is 8.69. The summed E-state index contributed by atoms with van der Waals surface area (Å²) in [5.41, 5.74) is 0.744. The van der Waals surface area contributed by atoms with Gasteiger partial charge < -0.3 is 18.6 Å². The highest BCUT2D eigenvalue weighted by Crippen LogP contribution is 2.40. The molecule has 0 saturated carbocycles. The molecule has 5 nitrogen and oxygen atoms in total. The molecular weight excluding hydrogens is 234 g/mol. The standard InChI is InChI=1S/C13H14NO4/c1-8-7-14-13(18-8)9-5-10(15-2)12(17-4)11(6-9)16-3/h5-6H,1-4H3. The monoisotopic (exact) mass is 248 g/mol. The molecule has 1 radical (unpaired) electrons. The van der Waals surface area contributed by atoms with Gasteiger partial charge in [-0.3, -0.25) is 0 Å². The zero-order chi connectivity index (χ0) is 13.1. The Morgan fingerprint density at radius 1 is 1.06 bits per heavy atom. The number of ether oxygens (including phenoxy) is 3. The zero-order valence-corrected chi connectivity index (χ0v) is 10.7. The summed E-state index contributed by atoms with van der Waals surface area (Å²) in [4.78, 5) is 4.05. The van der Waals surface area contributed by atoms with Crippen LogP contribution >= 0.6 is 0 Å². The molecule has 0 unspecified atom stereocenters. The molecule has 18 heavy (non-hydrogen) atoms. The van der Waals surface area contributed by atoms with Gasteiger partial charge in [0.05, 0.1) is 21.3 Å². The topological polar surface area (TPSA) is 53.7 Å². The number of benzene rings is 1. The maximum absolute atomic E-state index is 5.42. The summed E-state index contributed by atoms with van der Waals surface area (Å²) < 4.78 is 21.2. The molecule has 2 rings (SSSR count). The molecule has 1 aromatic carbocycles. The number of hydrogen-bond donors (Lipinski definition) is 0. The van der Waals surface area contributed by atoms with Gasteiger partial charge in [0, 0.05) is 5.56 Å². The molecule has 1 heterocycles. The summed E-state index contributed by atoms with van der Waals surface area (Å²) >= 11 is 0. The van der Waals surface area contributed by atoms with Gasteiger partial charge in [-0.2, -0.15) is 0 Å². The van der Waals surface area contributed by atoms with Crippen molar-refractivity contribution in [2.24, 2.45) is 0 Å². The summed E-state index contributed by atoms with van der Waals surface area (Å²) in [7, 11) is 4.69. The fourth-order valence-electron chi connectivity index (χ4n) is 1.65. The Bertz CT molecular complexity index is 523. The average molecular weight is 248 g/mol. The fourth-order valence-corrected chi connectivity index (χ4v) is 1.65. The van der Waals surface area contributed by atoms with Crippen LogP contribution in [0.5, 0.6) is 17.2 Å². The van der Waals surface area contributed by atoms with Gasteiger partial charge in [-0.25, -0.2) is 4.98 Å². The highest BCUT2D eigenvalue weighted by atomic mass is 16.5. The van der Waals surface area contributed by atoms with Crippen molar-refractivity contribution in [2.75, 3.05) is 21.3 Å². The molecule has 0 atom stereocenters. The van der Waals surface area contributed by atoms with E-state index < -0.39 is 0 Å². The summed E-state index contributed by atoms with van der Waals surface area (Å²) in [5, 5.41) is 0. The first-order valence-corrected chi connectivity index (χ1v) is 5.35. The van der Waals surface area contributed by atoms with Crippen LogP contribution in [0.15, 0.2) is 16.5 Å². The van der Waals surface area contributed by atoms with Crippen molar-refractivity contribution in [3.63, 3.8) is 0 Å². The van der Waals surface area contributed by atoms with Crippen LogP contribution in [0.3, 0.4) is 0 Å². The molecule has 2 aromatic rings. The fraction of sp³-hybridized carbons (Fsp3) is 0.308. The zero-order valence-electron chi connectivity index (χ0n) is 10.7. The van der Waals surface area contributed by atoms with Crippen LogP contribution in [0.25, 0.3) is 11.5 Å². The number of rotatable bonds is 4. The second-order valence-corrected chi connectivity index (χ2v) is 3.60. The summed E-state index contributed by atoms with van der Waals surface area (Å²) in [6, 6.07) is 3.56. The Labute approximate surface area is 105 Å². The molecule has 0 spiro atoms. The Hall–Kier alpha value is -2.17. The lowest BCUT2D eigenvalue weighted by Crippen LogP contribution is -1.95. The lowest BCUT2D eigenvalue weighted by Gasteiger charge is -2.12. The summed E-state index contributed by atoms with van der Waals surface area (Å²) in [6.45, 7) is 1.79. The second kappa shape index (κ2) is 5.00. The third-order valence-corrected chi connectivity index (χ3v) is 2.48. The Morgan fingerprint density at radius 2 is 1.67 bits per heavy atom. The third kappa shape index (κ3) is 2.11. The van der Waals surface area contributed by atoms with Gasteiger partial charge >= 0.3 is 0 Å². The second-order valence-electron chi connectivity index (χ2n) is 3.60. The van der Waals surface area contributed by atoms with E-state index in [4.69, 9.17) is 18.6 Å². The van der Waals surface area contributed by atoms with Crippen LogP contribution in [0.4, 0.5) is 0 Å². The van der Waals surface area contributed by atoms with Gasteiger partial charge in [-0.05, 0) is 19.1 Å². The van der Waals surface area contributed by atoms with Crippen molar-refractivity contribution in [1.82, 2.24) is 4.98 Å². The van der Waals surface area contributed by atoms with E-state index in [1.54, 1.807) is 40.4 Å². The Morgan fingerprint density at radius 3 is 2.06 bits per heavy atom. The van der Waals surface area contributed by atoms with Crippen LogP contribution in [-0.2, 0) is 0 Å².